The molecule has 2 heterocycles. The number of nitrogens with zero attached hydrogens (tertiary/aromatic N) is 2. The lowest BCUT2D eigenvalue weighted by molar-refractivity contribution is 0.0658. The topological polar surface area (TPSA) is 39.3 Å². The fraction of sp³-hybridized carbons (Fsp3) is 0.450. The number of hydrogen-bond acceptors (Lipinski definition) is 2. The smallest absolute Gasteiger partial charge is 0.270 e. The van der Waals surface area contributed by atoms with Crippen molar-refractivity contribution in [2.75, 3.05) is 33.2 Å². The third-order valence-electron chi connectivity index (χ3n) is 5.24. The van der Waals surface area contributed by atoms with Gasteiger partial charge in [0.15, 0.2) is 0 Å². The van der Waals surface area contributed by atoms with Gasteiger partial charge in [0.2, 0.25) is 0 Å². The second-order valence-electron chi connectivity index (χ2n) is 6.83. The zero-order valence-electron chi connectivity index (χ0n) is 14.6. The maximum atomic E-state index is 12.7. The molecule has 0 radical (unpaired) electrons. The van der Waals surface area contributed by atoms with Gasteiger partial charge in [-0.25, -0.2) is 0 Å². The molecule has 0 aromatic carbocycles. The molecule has 0 spiro atoms. The van der Waals surface area contributed by atoms with Gasteiger partial charge in [-0.1, -0.05) is 31.4 Å². The van der Waals surface area contributed by atoms with Crippen LogP contribution in [0.2, 0.25) is 0 Å². The van der Waals surface area contributed by atoms with E-state index in [2.05, 4.69) is 36.2 Å². The van der Waals surface area contributed by atoms with Crippen LogP contribution in [0.5, 0.6) is 0 Å². The summed E-state index contributed by atoms with van der Waals surface area (Å²) in [5.74, 6) is 0.606. The first kappa shape index (κ1) is 16.8. The molecule has 128 valence electrons. The standard InChI is InChI=1S/C20H27N3O/c1-4-6-15(5-2)16-7-8-18-17(13-16)14-19(21-18)20(24)23-11-9-22(3)10-12-23/h4-6,14,16,21H,1-2,7-13H2,3H3/b15-6+. The Bertz CT molecular complexity index is 662. The second kappa shape index (κ2) is 7.22. The normalized spacial score (nSPS) is 22.1. The van der Waals surface area contributed by atoms with E-state index in [1.54, 1.807) is 0 Å². The third-order valence-corrected chi connectivity index (χ3v) is 5.24. The summed E-state index contributed by atoms with van der Waals surface area (Å²) in [5.41, 5.74) is 4.49. The van der Waals surface area contributed by atoms with Gasteiger partial charge in [0.05, 0.1) is 0 Å². The number of fused-ring (bicyclic) bond motifs is 1. The van der Waals surface area contributed by atoms with Crippen LogP contribution in [0.15, 0.2) is 43.0 Å². The molecule has 1 unspecified atom stereocenters. The molecular formula is C20H27N3O. The van der Waals surface area contributed by atoms with Gasteiger partial charge in [0.1, 0.15) is 5.69 Å². The minimum absolute atomic E-state index is 0.139. The number of piperazine rings is 1. The Labute approximate surface area is 144 Å². The Morgan fingerprint density at radius 1 is 1.29 bits per heavy atom. The first-order valence-corrected chi connectivity index (χ1v) is 8.76. The van der Waals surface area contributed by atoms with Gasteiger partial charge in [-0.3, -0.25) is 4.79 Å². The van der Waals surface area contributed by atoms with Crippen LogP contribution < -0.4 is 0 Å². The minimum atomic E-state index is 0.139. The van der Waals surface area contributed by atoms with Crippen molar-refractivity contribution in [3.05, 3.63) is 60.0 Å². The summed E-state index contributed by atoms with van der Waals surface area (Å²) < 4.78 is 0. The summed E-state index contributed by atoms with van der Waals surface area (Å²) in [7, 11) is 2.10. The molecule has 0 bridgehead atoms. The molecule has 3 rings (SSSR count). The zero-order chi connectivity index (χ0) is 17.1. The highest BCUT2D eigenvalue weighted by Gasteiger charge is 2.26. The molecule has 1 aromatic rings. The number of allylic oxidation sites excluding steroid dienone is 4. The number of hydrogen-bond donors (Lipinski definition) is 1. The van der Waals surface area contributed by atoms with Crippen LogP contribution in [0, 0.1) is 5.92 Å². The lowest BCUT2D eigenvalue weighted by Gasteiger charge is -2.32. The first-order chi connectivity index (χ1) is 11.6. The van der Waals surface area contributed by atoms with Crippen molar-refractivity contribution in [3.63, 3.8) is 0 Å². The highest BCUT2D eigenvalue weighted by molar-refractivity contribution is 5.93. The average Bonchev–Trinajstić information content (AvgIpc) is 3.03. The van der Waals surface area contributed by atoms with Crippen LogP contribution >= 0.6 is 0 Å². The predicted molar refractivity (Wildman–Crippen MR) is 98.2 cm³/mol. The van der Waals surface area contributed by atoms with Crippen LogP contribution in [-0.4, -0.2) is 53.9 Å². The zero-order valence-corrected chi connectivity index (χ0v) is 14.6. The molecule has 1 aliphatic carbocycles. The molecule has 1 aromatic heterocycles. The van der Waals surface area contributed by atoms with Gasteiger partial charge < -0.3 is 14.8 Å². The van der Waals surface area contributed by atoms with E-state index in [0.717, 1.165) is 51.1 Å². The van der Waals surface area contributed by atoms with Gasteiger partial charge >= 0.3 is 0 Å². The lowest BCUT2D eigenvalue weighted by atomic mass is 9.82. The van der Waals surface area contributed by atoms with E-state index in [9.17, 15) is 4.79 Å². The van der Waals surface area contributed by atoms with Gasteiger partial charge in [0.25, 0.3) is 5.91 Å². The van der Waals surface area contributed by atoms with E-state index >= 15 is 0 Å². The Morgan fingerprint density at radius 3 is 2.71 bits per heavy atom. The lowest BCUT2D eigenvalue weighted by Crippen LogP contribution is -2.47. The molecule has 1 saturated heterocycles. The number of amides is 1. The molecular weight excluding hydrogens is 298 g/mol. The average molecular weight is 325 g/mol. The van der Waals surface area contributed by atoms with Crippen LogP contribution in [-0.2, 0) is 12.8 Å². The van der Waals surface area contributed by atoms with E-state index < -0.39 is 0 Å². The van der Waals surface area contributed by atoms with Crippen molar-refractivity contribution in [3.8, 4) is 0 Å². The largest absolute Gasteiger partial charge is 0.354 e. The summed E-state index contributed by atoms with van der Waals surface area (Å²) in [6.45, 7) is 11.2. The Morgan fingerprint density at radius 2 is 2.04 bits per heavy atom. The number of likely N-dealkylation sites (N-methyl/N-ethyl adjacent to an activating group) is 1. The Balaban J connectivity index is 1.73. The third kappa shape index (κ3) is 3.39. The Hall–Kier alpha value is -2.07. The molecule has 1 fully saturated rings. The van der Waals surface area contributed by atoms with Crippen LogP contribution in [0.25, 0.3) is 0 Å². The van der Waals surface area contributed by atoms with Crippen LogP contribution in [0.4, 0.5) is 0 Å². The molecule has 1 aliphatic heterocycles. The summed E-state index contributed by atoms with van der Waals surface area (Å²) in [5, 5.41) is 0. The number of carbonyl (C=O) groups excluding carboxylic acids is 1. The number of H-pyrrole nitrogens is 1. The molecule has 1 atom stereocenters. The van der Waals surface area contributed by atoms with Crippen LogP contribution in [0.3, 0.4) is 0 Å². The highest BCUT2D eigenvalue weighted by atomic mass is 16.2. The SMILES string of the molecule is C=C/C=C(\C=C)C1CCc2[nH]c(C(=O)N3CCN(C)CC3)cc2C1. The van der Waals surface area contributed by atoms with E-state index in [1.807, 2.05) is 23.1 Å². The molecule has 4 nitrogen and oxygen atoms in total. The first-order valence-electron chi connectivity index (χ1n) is 8.76. The van der Waals surface area contributed by atoms with Gasteiger partial charge in [-0.05, 0) is 49.4 Å². The fourth-order valence-electron chi connectivity index (χ4n) is 3.72. The predicted octanol–water partition coefficient (Wildman–Crippen LogP) is 2.81. The fourth-order valence-corrected chi connectivity index (χ4v) is 3.72. The van der Waals surface area contributed by atoms with Crippen LogP contribution in [0.1, 0.15) is 28.2 Å². The van der Waals surface area contributed by atoms with Crippen molar-refractivity contribution in [2.24, 2.45) is 5.92 Å². The number of aromatic nitrogens is 1. The van der Waals surface area contributed by atoms with Crippen molar-refractivity contribution in [2.45, 2.75) is 19.3 Å². The maximum Gasteiger partial charge on any atom is 0.270 e. The van der Waals surface area contributed by atoms with E-state index in [-0.39, 0.29) is 5.91 Å². The van der Waals surface area contributed by atoms with Gasteiger partial charge in [-0.15, -0.1) is 0 Å². The number of carbonyl (C=O) groups is 1. The Kier molecular flexibility index (Phi) is 5.05. The number of aryl methyl sites for hydroxylation is 1. The van der Waals surface area contributed by atoms with Crippen molar-refractivity contribution >= 4 is 5.91 Å². The molecule has 2 aliphatic rings. The quantitative estimate of drug-likeness (QED) is 0.865. The van der Waals surface area contributed by atoms with Crippen molar-refractivity contribution in [1.29, 1.82) is 0 Å². The van der Waals surface area contributed by atoms with Gasteiger partial charge in [-0.2, -0.15) is 0 Å². The second-order valence-corrected chi connectivity index (χ2v) is 6.83. The van der Waals surface area contributed by atoms with E-state index in [0.29, 0.717) is 5.92 Å². The number of aromatic amines is 1. The molecule has 24 heavy (non-hydrogen) atoms. The van der Waals surface area contributed by atoms with E-state index in [1.165, 1.54) is 16.8 Å². The van der Waals surface area contributed by atoms with Crippen molar-refractivity contribution < 1.29 is 4.79 Å². The summed E-state index contributed by atoms with van der Waals surface area (Å²) in [4.78, 5) is 20.3. The number of rotatable bonds is 4. The minimum Gasteiger partial charge on any atom is -0.354 e. The molecule has 4 heteroatoms. The highest BCUT2D eigenvalue weighted by Crippen LogP contribution is 2.31. The summed E-state index contributed by atoms with van der Waals surface area (Å²) in [6, 6.07) is 2.07. The number of nitrogens with one attached hydrogen (secondary N) is 1. The van der Waals surface area contributed by atoms with E-state index in [4.69, 9.17) is 0 Å². The summed E-state index contributed by atoms with van der Waals surface area (Å²) in [6.07, 6.45) is 8.84. The molecule has 1 amide bonds. The molecule has 0 saturated carbocycles. The maximum absolute atomic E-state index is 12.7. The molecule has 1 N–H and O–H groups in total. The van der Waals surface area contributed by atoms with Crippen molar-refractivity contribution in [1.82, 2.24) is 14.8 Å². The monoisotopic (exact) mass is 325 g/mol. The van der Waals surface area contributed by atoms with Gasteiger partial charge in [0, 0.05) is 31.9 Å². The summed E-state index contributed by atoms with van der Waals surface area (Å²) >= 11 is 0.